The quantitative estimate of drug-likeness (QED) is 0.441. The van der Waals surface area contributed by atoms with Gasteiger partial charge in [-0.3, -0.25) is 5.32 Å². The molecule has 0 saturated heterocycles. The number of benzene rings is 2. The molecule has 132 valence electrons. The first-order valence-corrected chi connectivity index (χ1v) is 8.03. The molecule has 0 bridgehead atoms. The van der Waals surface area contributed by atoms with Crippen molar-refractivity contribution in [2.75, 3.05) is 13.3 Å². The Bertz CT molecular complexity index is 755. The topological polar surface area (TPSA) is 73.9 Å². The summed E-state index contributed by atoms with van der Waals surface area (Å²) in [5, 5.41) is 2.97. The highest BCUT2D eigenvalue weighted by Gasteiger charge is 2.11. The zero-order valence-corrected chi connectivity index (χ0v) is 14.9. The van der Waals surface area contributed by atoms with Crippen molar-refractivity contribution in [2.24, 2.45) is 0 Å². The number of carbonyl (C=O) groups excluding carboxylic acids is 2. The summed E-state index contributed by atoms with van der Waals surface area (Å²) in [6.07, 6.45) is -0.757. The molecular weight excluding hydrogens is 393 g/mol. The number of nitrogens with one attached hydrogen (secondary N) is 1. The van der Waals surface area contributed by atoms with Gasteiger partial charge in [0.05, 0.1) is 15.1 Å². The lowest BCUT2D eigenvalue weighted by atomic mass is 10.3. The lowest BCUT2D eigenvalue weighted by Crippen LogP contribution is -2.31. The van der Waals surface area contributed by atoms with E-state index in [0.29, 0.717) is 5.75 Å². The lowest BCUT2D eigenvalue weighted by Gasteiger charge is -2.10. The molecule has 1 N–H and O–H groups in total. The van der Waals surface area contributed by atoms with Gasteiger partial charge in [0.2, 0.25) is 0 Å². The van der Waals surface area contributed by atoms with E-state index in [-0.39, 0.29) is 27.5 Å². The van der Waals surface area contributed by atoms with E-state index in [4.69, 9.17) is 49.0 Å². The van der Waals surface area contributed by atoms with Crippen molar-refractivity contribution >= 4 is 46.9 Å². The fraction of sp³-hybridized carbons (Fsp3) is 0.125. The van der Waals surface area contributed by atoms with Gasteiger partial charge < -0.3 is 14.2 Å². The molecule has 9 heteroatoms. The molecule has 0 fully saturated rings. The molecule has 2 aromatic carbocycles. The van der Waals surface area contributed by atoms with E-state index in [1.807, 2.05) is 0 Å². The summed E-state index contributed by atoms with van der Waals surface area (Å²) in [6, 6.07) is 11.2. The van der Waals surface area contributed by atoms with Crippen LogP contribution in [0.2, 0.25) is 15.1 Å². The molecule has 2 rings (SSSR count). The van der Waals surface area contributed by atoms with Gasteiger partial charge in [-0.1, -0.05) is 53.0 Å². The number of hydrogen-bond donors (Lipinski definition) is 1. The summed E-state index contributed by atoms with van der Waals surface area (Å²) in [5.74, 6) is -0.171. The van der Waals surface area contributed by atoms with Crippen molar-refractivity contribution in [3.8, 4) is 11.5 Å². The zero-order valence-electron chi connectivity index (χ0n) is 12.6. The number of ether oxygens (including phenoxy) is 3. The van der Waals surface area contributed by atoms with Crippen LogP contribution in [0.1, 0.15) is 0 Å². The number of carbonyl (C=O) groups is 2. The second-order valence-corrected chi connectivity index (χ2v) is 5.75. The van der Waals surface area contributed by atoms with Gasteiger partial charge in [0.25, 0.3) is 0 Å². The van der Waals surface area contributed by atoms with E-state index < -0.39 is 18.7 Å². The molecule has 0 atom stereocenters. The van der Waals surface area contributed by atoms with Crippen LogP contribution in [0.25, 0.3) is 0 Å². The van der Waals surface area contributed by atoms with Crippen molar-refractivity contribution in [3.05, 3.63) is 57.5 Å². The Morgan fingerprint density at radius 2 is 1.64 bits per heavy atom. The standard InChI is InChI=1S/C16H12Cl3NO5/c17-11-6-13(19)14(7-12(11)18)23-8-15(21)24-9-20-16(22)25-10-4-2-1-3-5-10/h1-7H,8-9H2,(H,20,22). The lowest BCUT2D eigenvalue weighted by molar-refractivity contribution is -0.146. The molecular formula is C16H12Cl3NO5. The predicted octanol–water partition coefficient (Wildman–Crippen LogP) is 4.31. The van der Waals surface area contributed by atoms with Crippen molar-refractivity contribution in [3.63, 3.8) is 0 Å². The summed E-state index contributed by atoms with van der Waals surface area (Å²) in [7, 11) is 0. The third kappa shape index (κ3) is 6.34. The molecule has 2 aromatic rings. The monoisotopic (exact) mass is 403 g/mol. The SMILES string of the molecule is O=C(COc1cc(Cl)c(Cl)cc1Cl)OCNC(=O)Oc1ccccc1. The van der Waals surface area contributed by atoms with Crippen LogP contribution >= 0.6 is 34.8 Å². The maximum atomic E-state index is 11.6. The minimum atomic E-state index is -0.757. The Morgan fingerprint density at radius 1 is 0.960 bits per heavy atom. The van der Waals surface area contributed by atoms with Gasteiger partial charge >= 0.3 is 12.1 Å². The molecule has 0 unspecified atom stereocenters. The van der Waals surface area contributed by atoms with Gasteiger partial charge in [-0.25, -0.2) is 9.59 Å². The average Bonchev–Trinajstić information content (AvgIpc) is 2.58. The maximum absolute atomic E-state index is 11.6. The summed E-state index contributed by atoms with van der Waals surface area (Å²) in [5.41, 5.74) is 0. The van der Waals surface area contributed by atoms with E-state index in [1.54, 1.807) is 30.3 Å². The van der Waals surface area contributed by atoms with E-state index in [1.165, 1.54) is 12.1 Å². The molecule has 0 aliphatic heterocycles. The smallest absolute Gasteiger partial charge is 0.415 e. The fourth-order valence-corrected chi connectivity index (χ4v) is 2.19. The Hall–Kier alpha value is -2.15. The van der Waals surface area contributed by atoms with Crippen LogP contribution in [0.15, 0.2) is 42.5 Å². The summed E-state index contributed by atoms with van der Waals surface area (Å²) in [4.78, 5) is 23.1. The van der Waals surface area contributed by atoms with Gasteiger partial charge in [0.15, 0.2) is 13.3 Å². The normalized spacial score (nSPS) is 10.0. The van der Waals surface area contributed by atoms with Gasteiger partial charge in [-0.2, -0.15) is 0 Å². The second-order valence-electron chi connectivity index (χ2n) is 4.53. The number of amides is 1. The molecule has 6 nitrogen and oxygen atoms in total. The van der Waals surface area contributed by atoms with Crippen molar-refractivity contribution in [1.29, 1.82) is 0 Å². The molecule has 1 amide bonds. The summed E-state index contributed by atoms with van der Waals surface area (Å²) in [6.45, 7) is -0.796. The number of esters is 1. The van der Waals surface area contributed by atoms with E-state index in [0.717, 1.165) is 0 Å². The van der Waals surface area contributed by atoms with Crippen LogP contribution in [-0.2, 0) is 9.53 Å². The third-order valence-electron chi connectivity index (χ3n) is 2.72. The fourth-order valence-electron chi connectivity index (χ4n) is 1.60. The molecule has 0 aliphatic rings. The van der Waals surface area contributed by atoms with Gasteiger partial charge in [0, 0.05) is 6.07 Å². The minimum absolute atomic E-state index is 0.185. The number of halogens is 3. The first-order valence-electron chi connectivity index (χ1n) is 6.89. The molecule has 0 aromatic heterocycles. The first kappa shape index (κ1) is 19.2. The van der Waals surface area contributed by atoms with Gasteiger partial charge in [-0.05, 0) is 18.2 Å². The predicted molar refractivity (Wildman–Crippen MR) is 93.5 cm³/mol. The Balaban J connectivity index is 1.70. The minimum Gasteiger partial charge on any atom is -0.480 e. The van der Waals surface area contributed by atoms with Crippen LogP contribution < -0.4 is 14.8 Å². The van der Waals surface area contributed by atoms with Crippen molar-refractivity contribution in [1.82, 2.24) is 5.32 Å². The third-order valence-corrected chi connectivity index (χ3v) is 3.74. The molecule has 25 heavy (non-hydrogen) atoms. The van der Waals surface area contributed by atoms with Crippen molar-refractivity contribution < 1.29 is 23.8 Å². The Morgan fingerprint density at radius 3 is 2.36 bits per heavy atom. The van der Waals surface area contributed by atoms with E-state index >= 15 is 0 Å². The van der Waals surface area contributed by atoms with Crippen LogP contribution in [-0.4, -0.2) is 25.4 Å². The van der Waals surface area contributed by atoms with Crippen LogP contribution in [0.5, 0.6) is 11.5 Å². The van der Waals surface area contributed by atoms with Crippen molar-refractivity contribution in [2.45, 2.75) is 0 Å². The maximum Gasteiger partial charge on any atom is 0.415 e. The highest BCUT2D eigenvalue weighted by molar-refractivity contribution is 6.43. The second kappa shape index (κ2) is 9.36. The molecule has 0 aliphatic carbocycles. The average molecular weight is 405 g/mol. The van der Waals surface area contributed by atoms with Gasteiger partial charge in [-0.15, -0.1) is 0 Å². The highest BCUT2D eigenvalue weighted by atomic mass is 35.5. The summed E-state index contributed by atoms with van der Waals surface area (Å²) >= 11 is 17.5. The first-order chi connectivity index (χ1) is 12.0. The van der Waals surface area contributed by atoms with Crippen LogP contribution in [0, 0.1) is 0 Å². The van der Waals surface area contributed by atoms with E-state index in [9.17, 15) is 9.59 Å². The zero-order chi connectivity index (χ0) is 18.2. The van der Waals surface area contributed by atoms with Crippen LogP contribution in [0.3, 0.4) is 0 Å². The largest absolute Gasteiger partial charge is 0.480 e. The Labute approximate surface area is 158 Å². The van der Waals surface area contributed by atoms with Gasteiger partial charge in [0.1, 0.15) is 11.5 Å². The summed E-state index contributed by atoms with van der Waals surface area (Å²) < 4.78 is 14.9. The number of hydrogen-bond acceptors (Lipinski definition) is 5. The molecule has 0 saturated carbocycles. The van der Waals surface area contributed by atoms with Crippen LogP contribution in [0.4, 0.5) is 4.79 Å². The number of rotatable bonds is 6. The molecule has 0 spiro atoms. The van der Waals surface area contributed by atoms with E-state index in [2.05, 4.69) is 5.32 Å². The Kier molecular flexibility index (Phi) is 7.18. The highest BCUT2D eigenvalue weighted by Crippen LogP contribution is 2.33. The molecule has 0 heterocycles. The number of para-hydroxylation sites is 1. The molecule has 0 radical (unpaired) electrons.